The first kappa shape index (κ1) is 25.2. The maximum absolute atomic E-state index is 12.1. The molecule has 1 aliphatic rings. The summed E-state index contributed by atoms with van der Waals surface area (Å²) in [7, 11) is 1.46. The third kappa shape index (κ3) is 6.59. The van der Waals surface area contributed by atoms with E-state index in [0.717, 1.165) is 18.1 Å². The topological polar surface area (TPSA) is 73.8 Å². The molecular formula is C20H35IN4O2S. The first-order chi connectivity index (χ1) is 12.7. The van der Waals surface area contributed by atoms with E-state index in [1.807, 2.05) is 12.1 Å². The second kappa shape index (κ2) is 10.8. The van der Waals surface area contributed by atoms with Crippen LogP contribution in [0, 0.1) is 11.3 Å². The van der Waals surface area contributed by atoms with E-state index in [9.17, 15) is 8.42 Å². The Kier molecular flexibility index (Phi) is 9.69. The molecule has 1 fully saturated rings. The van der Waals surface area contributed by atoms with Crippen molar-refractivity contribution < 1.29 is 8.42 Å². The fraction of sp³-hybridized carbons (Fsp3) is 0.650. The standard InChI is InChI=1S/C20H34N4O2S.HI/c1-16(2)13-20(11-6-12-20)15-23-19(21-3)22-14-17-7-9-18(10-8-17)27(25,26)24(4)5;/h7-10,16H,6,11-15H2,1-5H3,(H2,21,22,23);1H. The van der Waals surface area contributed by atoms with Crippen LogP contribution in [0.1, 0.15) is 45.1 Å². The van der Waals surface area contributed by atoms with Gasteiger partial charge in [-0.15, -0.1) is 24.0 Å². The van der Waals surface area contributed by atoms with Crippen LogP contribution in [0.5, 0.6) is 0 Å². The summed E-state index contributed by atoms with van der Waals surface area (Å²) < 4.78 is 25.5. The average molecular weight is 522 g/mol. The largest absolute Gasteiger partial charge is 0.356 e. The van der Waals surface area contributed by atoms with Crippen LogP contribution in [0.2, 0.25) is 0 Å². The lowest BCUT2D eigenvalue weighted by atomic mass is 9.64. The first-order valence-corrected chi connectivity index (χ1v) is 11.1. The maximum atomic E-state index is 12.1. The smallest absolute Gasteiger partial charge is 0.242 e. The van der Waals surface area contributed by atoms with Gasteiger partial charge in [-0.2, -0.15) is 0 Å². The monoisotopic (exact) mass is 522 g/mol. The number of guanidine groups is 1. The van der Waals surface area contributed by atoms with Crippen LogP contribution < -0.4 is 10.6 Å². The molecule has 160 valence electrons. The fourth-order valence-corrected chi connectivity index (χ4v) is 4.57. The van der Waals surface area contributed by atoms with Crippen molar-refractivity contribution in [2.75, 3.05) is 27.7 Å². The SMILES string of the molecule is CN=C(NCc1ccc(S(=O)(=O)N(C)C)cc1)NCC1(CC(C)C)CCC1.I. The number of aliphatic imine (C=N–C) groups is 1. The van der Waals surface area contributed by atoms with Crippen LogP contribution in [-0.4, -0.2) is 46.4 Å². The van der Waals surface area contributed by atoms with Crippen LogP contribution in [0.4, 0.5) is 0 Å². The average Bonchev–Trinajstić information content (AvgIpc) is 2.59. The van der Waals surface area contributed by atoms with Crippen LogP contribution in [0.25, 0.3) is 0 Å². The lowest BCUT2D eigenvalue weighted by Gasteiger charge is -2.43. The molecule has 0 radical (unpaired) electrons. The number of rotatable bonds is 8. The Morgan fingerprint density at radius 3 is 2.21 bits per heavy atom. The molecule has 1 saturated carbocycles. The normalized spacial score (nSPS) is 16.5. The van der Waals surface area contributed by atoms with E-state index in [4.69, 9.17) is 0 Å². The van der Waals surface area contributed by atoms with Gasteiger partial charge in [-0.25, -0.2) is 12.7 Å². The minimum absolute atomic E-state index is 0. The van der Waals surface area contributed by atoms with Gasteiger partial charge >= 0.3 is 0 Å². The number of benzene rings is 1. The highest BCUT2D eigenvalue weighted by atomic mass is 127. The molecule has 2 rings (SSSR count). The zero-order valence-corrected chi connectivity index (χ0v) is 20.8. The van der Waals surface area contributed by atoms with Crippen molar-refractivity contribution in [3.63, 3.8) is 0 Å². The quantitative estimate of drug-likeness (QED) is 0.312. The molecule has 0 saturated heterocycles. The molecule has 1 aromatic carbocycles. The third-order valence-corrected chi connectivity index (χ3v) is 7.10. The maximum Gasteiger partial charge on any atom is 0.242 e. The van der Waals surface area contributed by atoms with E-state index in [-0.39, 0.29) is 24.0 Å². The number of sulfonamides is 1. The van der Waals surface area contributed by atoms with Crippen LogP contribution in [0.15, 0.2) is 34.2 Å². The van der Waals surface area contributed by atoms with E-state index in [1.165, 1.54) is 44.1 Å². The molecule has 0 aromatic heterocycles. The van der Waals surface area contributed by atoms with E-state index < -0.39 is 10.0 Å². The second-order valence-electron chi connectivity index (χ2n) is 8.16. The van der Waals surface area contributed by atoms with Gasteiger partial charge in [-0.1, -0.05) is 32.4 Å². The molecule has 6 nitrogen and oxygen atoms in total. The predicted molar refractivity (Wildman–Crippen MR) is 127 cm³/mol. The molecule has 1 aromatic rings. The number of nitrogens with one attached hydrogen (secondary N) is 2. The Morgan fingerprint density at radius 1 is 1.18 bits per heavy atom. The minimum Gasteiger partial charge on any atom is -0.356 e. The van der Waals surface area contributed by atoms with E-state index in [1.54, 1.807) is 19.2 Å². The van der Waals surface area contributed by atoms with Crippen molar-refractivity contribution >= 4 is 40.0 Å². The van der Waals surface area contributed by atoms with Crippen molar-refractivity contribution in [3.05, 3.63) is 29.8 Å². The van der Waals surface area contributed by atoms with Gasteiger partial charge in [0.25, 0.3) is 0 Å². The van der Waals surface area contributed by atoms with E-state index in [2.05, 4.69) is 29.5 Å². The van der Waals surface area contributed by atoms with Gasteiger partial charge in [-0.05, 0) is 48.3 Å². The second-order valence-corrected chi connectivity index (χ2v) is 10.3. The summed E-state index contributed by atoms with van der Waals surface area (Å²) in [5, 5.41) is 6.79. The summed E-state index contributed by atoms with van der Waals surface area (Å²) in [4.78, 5) is 4.62. The van der Waals surface area contributed by atoms with Crippen molar-refractivity contribution in [3.8, 4) is 0 Å². The van der Waals surface area contributed by atoms with Gasteiger partial charge in [0.05, 0.1) is 4.90 Å². The van der Waals surface area contributed by atoms with Crippen molar-refractivity contribution in [1.29, 1.82) is 0 Å². The molecule has 0 bridgehead atoms. The summed E-state index contributed by atoms with van der Waals surface area (Å²) in [5.41, 5.74) is 1.42. The number of hydrogen-bond donors (Lipinski definition) is 2. The first-order valence-electron chi connectivity index (χ1n) is 9.64. The molecule has 1 aliphatic carbocycles. The zero-order valence-electron chi connectivity index (χ0n) is 17.7. The fourth-order valence-electron chi connectivity index (χ4n) is 3.66. The van der Waals surface area contributed by atoms with Crippen molar-refractivity contribution in [2.45, 2.75) is 51.0 Å². The summed E-state index contributed by atoms with van der Waals surface area (Å²) >= 11 is 0. The molecule has 0 spiro atoms. The molecule has 0 aliphatic heterocycles. The Bertz CT molecular complexity index is 742. The van der Waals surface area contributed by atoms with Gasteiger partial charge in [-0.3, -0.25) is 4.99 Å². The van der Waals surface area contributed by atoms with Gasteiger partial charge in [0, 0.05) is 34.2 Å². The summed E-state index contributed by atoms with van der Waals surface area (Å²) in [6.45, 7) is 6.12. The number of nitrogens with zero attached hydrogens (tertiary/aromatic N) is 2. The highest BCUT2D eigenvalue weighted by molar-refractivity contribution is 14.0. The highest BCUT2D eigenvalue weighted by Crippen LogP contribution is 2.45. The molecule has 2 N–H and O–H groups in total. The molecule has 8 heteroatoms. The predicted octanol–water partition coefficient (Wildman–Crippen LogP) is 3.44. The molecule has 0 amide bonds. The molecule has 28 heavy (non-hydrogen) atoms. The van der Waals surface area contributed by atoms with Crippen molar-refractivity contribution in [1.82, 2.24) is 14.9 Å². The molecule has 0 atom stereocenters. The van der Waals surface area contributed by atoms with E-state index in [0.29, 0.717) is 22.8 Å². The third-order valence-electron chi connectivity index (χ3n) is 5.27. The number of hydrogen-bond acceptors (Lipinski definition) is 3. The Labute approximate surface area is 187 Å². The molecule has 0 heterocycles. The van der Waals surface area contributed by atoms with Crippen LogP contribution >= 0.6 is 24.0 Å². The van der Waals surface area contributed by atoms with Gasteiger partial charge in [0.2, 0.25) is 10.0 Å². The number of halogens is 1. The summed E-state index contributed by atoms with van der Waals surface area (Å²) in [6, 6.07) is 6.97. The van der Waals surface area contributed by atoms with E-state index >= 15 is 0 Å². The van der Waals surface area contributed by atoms with Gasteiger partial charge in [0.1, 0.15) is 0 Å². The Hall–Kier alpha value is -0.870. The van der Waals surface area contributed by atoms with Crippen LogP contribution in [0.3, 0.4) is 0 Å². The van der Waals surface area contributed by atoms with Crippen LogP contribution in [-0.2, 0) is 16.6 Å². The summed E-state index contributed by atoms with van der Waals surface area (Å²) in [6.07, 6.45) is 5.15. The Balaban J connectivity index is 0.00000392. The molecule has 0 unspecified atom stereocenters. The Morgan fingerprint density at radius 2 is 1.79 bits per heavy atom. The lowest BCUT2D eigenvalue weighted by molar-refractivity contribution is 0.104. The van der Waals surface area contributed by atoms with Gasteiger partial charge in [0.15, 0.2) is 5.96 Å². The van der Waals surface area contributed by atoms with Crippen molar-refractivity contribution in [2.24, 2.45) is 16.3 Å². The lowest BCUT2D eigenvalue weighted by Crippen LogP contribution is -2.46. The highest BCUT2D eigenvalue weighted by Gasteiger charge is 2.37. The minimum atomic E-state index is -3.38. The zero-order chi connectivity index (χ0) is 20.1. The summed E-state index contributed by atoms with van der Waals surface area (Å²) in [5.74, 6) is 1.49. The van der Waals surface area contributed by atoms with Gasteiger partial charge < -0.3 is 10.6 Å². The molecular weight excluding hydrogens is 487 g/mol.